The average Bonchev–Trinajstić information content (AvgIpc) is 2.87. The minimum atomic E-state index is 0.398. The Labute approximate surface area is 100 Å². The van der Waals surface area contributed by atoms with E-state index in [-0.39, 0.29) is 0 Å². The molecule has 1 fully saturated rings. The molecule has 1 saturated carbocycles. The number of halogens is 2. The van der Waals surface area contributed by atoms with Crippen LogP contribution in [0.4, 0.5) is 11.4 Å². The van der Waals surface area contributed by atoms with Gasteiger partial charge in [-0.05, 0) is 12.8 Å². The van der Waals surface area contributed by atoms with E-state index in [4.69, 9.17) is 11.6 Å². The van der Waals surface area contributed by atoms with Gasteiger partial charge in [-0.1, -0.05) is 11.6 Å². The molecule has 1 aliphatic carbocycles. The fourth-order valence-electron chi connectivity index (χ4n) is 1.13. The Bertz CT molecular complexity index is 381. The van der Waals surface area contributed by atoms with Crippen LogP contribution >= 0.6 is 34.5 Å². The molecule has 0 radical (unpaired) electrons. The standard InChI is InChI=1S/C8H8ClIN3O/c9-8-3-6(12-5-1-2-5)7(4-11-8)13(10)14/h3-5H,1-2H2,(H,11,12)/q+1. The van der Waals surface area contributed by atoms with Crippen LogP contribution in [0.5, 0.6) is 0 Å². The largest absolute Gasteiger partial charge is 0.413 e. The zero-order valence-electron chi connectivity index (χ0n) is 7.20. The third-order valence-electron chi connectivity index (χ3n) is 1.98. The molecule has 6 heteroatoms. The highest BCUT2D eigenvalue weighted by Crippen LogP contribution is 2.32. The maximum Gasteiger partial charge on any atom is 0.413 e. The third kappa shape index (κ3) is 2.33. The Morgan fingerprint density at radius 3 is 2.93 bits per heavy atom. The summed E-state index contributed by atoms with van der Waals surface area (Å²) < 4.78 is 0.756. The highest BCUT2D eigenvalue weighted by Gasteiger charge is 2.26. The predicted octanol–water partition coefficient (Wildman–Crippen LogP) is 3.07. The summed E-state index contributed by atoms with van der Waals surface area (Å²) in [5.41, 5.74) is 1.28. The first kappa shape index (κ1) is 10.1. The molecular formula is C8H8ClIN3O+. The lowest BCUT2D eigenvalue weighted by molar-refractivity contribution is -0.207. The summed E-state index contributed by atoms with van der Waals surface area (Å²) in [5.74, 6) is 0. The fraction of sp³-hybridized carbons (Fsp3) is 0.375. The van der Waals surface area contributed by atoms with E-state index in [1.807, 2.05) is 0 Å². The molecule has 0 aliphatic heterocycles. The van der Waals surface area contributed by atoms with Gasteiger partial charge in [0, 0.05) is 17.0 Å². The van der Waals surface area contributed by atoms with Crippen molar-refractivity contribution in [1.82, 2.24) is 4.98 Å². The second kappa shape index (κ2) is 3.98. The Kier molecular flexibility index (Phi) is 2.87. The topological polar surface area (TPSA) is 45.0 Å². The summed E-state index contributed by atoms with van der Waals surface area (Å²) in [6.45, 7) is 0. The molecule has 2 rings (SSSR count). The number of nitrogens with zero attached hydrogens (tertiary/aromatic N) is 2. The van der Waals surface area contributed by atoms with Gasteiger partial charge < -0.3 is 5.32 Å². The summed E-state index contributed by atoms with van der Waals surface area (Å²) in [6.07, 6.45) is 3.78. The van der Waals surface area contributed by atoms with Gasteiger partial charge in [-0.15, -0.1) is 0 Å². The quantitative estimate of drug-likeness (QED) is 0.528. The first-order valence-electron chi connectivity index (χ1n) is 4.22. The van der Waals surface area contributed by atoms with Crippen molar-refractivity contribution < 1.29 is 2.97 Å². The molecule has 1 heterocycles. The Balaban J connectivity index is 2.31. The molecule has 0 aromatic carbocycles. The third-order valence-corrected chi connectivity index (χ3v) is 2.70. The molecule has 14 heavy (non-hydrogen) atoms. The normalized spacial score (nSPS) is 15.3. The van der Waals surface area contributed by atoms with Crippen LogP contribution in [0.2, 0.25) is 5.15 Å². The molecule has 1 N–H and O–H groups in total. The number of pyridine rings is 1. The van der Waals surface area contributed by atoms with Crippen molar-refractivity contribution >= 4 is 45.8 Å². The summed E-state index contributed by atoms with van der Waals surface area (Å²) in [5, 5.41) is 3.63. The molecule has 4 nitrogen and oxygen atoms in total. The van der Waals surface area contributed by atoms with E-state index in [2.05, 4.69) is 10.3 Å². The highest BCUT2D eigenvalue weighted by molar-refractivity contribution is 14.1. The molecule has 1 aliphatic rings. The van der Waals surface area contributed by atoms with Crippen LogP contribution in [-0.4, -0.2) is 14.0 Å². The maximum absolute atomic E-state index is 11.2. The van der Waals surface area contributed by atoms with Gasteiger partial charge in [0.05, 0.1) is 0 Å². The number of hydrogen-bond acceptors (Lipinski definition) is 3. The maximum atomic E-state index is 11.2. The van der Waals surface area contributed by atoms with E-state index < -0.39 is 0 Å². The molecular weight excluding hydrogens is 316 g/mol. The van der Waals surface area contributed by atoms with Crippen LogP contribution in [0, 0.1) is 4.91 Å². The fourth-order valence-corrected chi connectivity index (χ4v) is 1.67. The molecule has 0 bridgehead atoms. The van der Waals surface area contributed by atoms with E-state index >= 15 is 0 Å². The lowest BCUT2D eigenvalue weighted by Gasteiger charge is -2.03. The van der Waals surface area contributed by atoms with E-state index in [9.17, 15) is 4.91 Å². The lowest BCUT2D eigenvalue weighted by Crippen LogP contribution is -2.03. The molecule has 1 aromatic rings. The zero-order chi connectivity index (χ0) is 10.1. The van der Waals surface area contributed by atoms with Crippen LogP contribution in [0.15, 0.2) is 12.3 Å². The van der Waals surface area contributed by atoms with E-state index in [0.29, 0.717) is 16.9 Å². The van der Waals surface area contributed by atoms with Crippen molar-refractivity contribution in [3.8, 4) is 0 Å². The van der Waals surface area contributed by atoms with Gasteiger partial charge in [-0.3, -0.25) is 0 Å². The highest BCUT2D eigenvalue weighted by atomic mass is 127. The second-order valence-corrected chi connectivity index (χ2v) is 4.45. The molecule has 0 amide bonds. The van der Waals surface area contributed by atoms with Gasteiger partial charge in [0.15, 0.2) is 0 Å². The summed E-state index contributed by atoms with van der Waals surface area (Å²) >= 11 is 7.42. The molecule has 1 aromatic heterocycles. The van der Waals surface area contributed by atoms with Crippen molar-refractivity contribution in [2.75, 3.05) is 5.32 Å². The number of anilines is 1. The van der Waals surface area contributed by atoms with Crippen LogP contribution < -0.4 is 5.32 Å². The van der Waals surface area contributed by atoms with E-state index in [0.717, 1.165) is 21.5 Å². The van der Waals surface area contributed by atoms with Gasteiger partial charge >= 0.3 is 28.6 Å². The zero-order valence-corrected chi connectivity index (χ0v) is 10.1. The van der Waals surface area contributed by atoms with Crippen LogP contribution in [0.3, 0.4) is 0 Å². The Morgan fingerprint density at radius 2 is 2.36 bits per heavy atom. The van der Waals surface area contributed by atoms with Crippen molar-refractivity contribution in [3.05, 3.63) is 22.3 Å². The van der Waals surface area contributed by atoms with Crippen molar-refractivity contribution in [3.63, 3.8) is 0 Å². The van der Waals surface area contributed by atoms with Crippen LogP contribution in [-0.2, 0) is 0 Å². The molecule has 74 valence electrons. The first-order chi connectivity index (χ1) is 6.66. The van der Waals surface area contributed by atoms with E-state index in [1.54, 1.807) is 28.9 Å². The number of rotatable bonds is 3. The minimum Gasteiger partial charge on any atom is -0.377 e. The van der Waals surface area contributed by atoms with Gasteiger partial charge in [0.2, 0.25) is 0 Å². The molecule has 0 unspecified atom stereocenters. The molecule has 0 atom stereocenters. The second-order valence-electron chi connectivity index (χ2n) is 3.19. The number of nitroso groups, excluding NO2 is 1. The van der Waals surface area contributed by atoms with Crippen molar-refractivity contribution in [2.24, 2.45) is 0 Å². The van der Waals surface area contributed by atoms with Gasteiger partial charge in [0.1, 0.15) is 20.0 Å². The van der Waals surface area contributed by atoms with Crippen LogP contribution in [0.1, 0.15) is 12.8 Å². The number of aromatic nitrogens is 1. The van der Waals surface area contributed by atoms with Crippen LogP contribution in [0.25, 0.3) is 0 Å². The summed E-state index contributed by atoms with van der Waals surface area (Å²) in [4.78, 5) is 15.0. The predicted molar refractivity (Wildman–Crippen MR) is 63.2 cm³/mol. The molecule has 0 spiro atoms. The van der Waals surface area contributed by atoms with Crippen molar-refractivity contribution in [1.29, 1.82) is 0 Å². The SMILES string of the molecule is O=[N+](I)c1cnc(Cl)cc1NC1CC1. The average molecular weight is 325 g/mol. The lowest BCUT2D eigenvalue weighted by atomic mass is 10.3. The van der Waals surface area contributed by atoms with Gasteiger partial charge in [-0.25, -0.2) is 4.98 Å². The van der Waals surface area contributed by atoms with Crippen molar-refractivity contribution in [2.45, 2.75) is 18.9 Å². The summed E-state index contributed by atoms with van der Waals surface area (Å²) in [7, 11) is 0. The summed E-state index contributed by atoms with van der Waals surface area (Å²) in [6, 6.07) is 2.17. The number of nitrogens with one attached hydrogen (secondary N) is 1. The van der Waals surface area contributed by atoms with E-state index in [1.165, 1.54) is 6.20 Å². The molecule has 0 saturated heterocycles. The number of hydrogen-bond donors (Lipinski definition) is 1. The first-order valence-corrected chi connectivity index (χ1v) is 5.56. The van der Waals surface area contributed by atoms with Gasteiger partial charge in [0.25, 0.3) is 0 Å². The minimum absolute atomic E-state index is 0.398. The van der Waals surface area contributed by atoms with Gasteiger partial charge in [-0.2, -0.15) is 0 Å². The smallest absolute Gasteiger partial charge is 0.377 e. The Hall–Kier alpha value is -0.430. The monoisotopic (exact) mass is 324 g/mol. The Morgan fingerprint density at radius 1 is 1.64 bits per heavy atom.